The zero-order valence-electron chi connectivity index (χ0n) is 14.1. The lowest BCUT2D eigenvalue weighted by molar-refractivity contribution is -0.132. The molecular formula is C18H27NO3. The third-order valence-electron chi connectivity index (χ3n) is 4.46. The fraction of sp³-hybridized carbons (Fsp3) is 0.611. The molecule has 1 aromatic rings. The van der Waals surface area contributed by atoms with Gasteiger partial charge in [0.1, 0.15) is 0 Å². The minimum atomic E-state index is 0.269. The lowest BCUT2D eigenvalue weighted by Crippen LogP contribution is -2.38. The Morgan fingerprint density at radius 3 is 2.64 bits per heavy atom. The van der Waals surface area contributed by atoms with Crippen LogP contribution in [0.15, 0.2) is 18.2 Å². The van der Waals surface area contributed by atoms with Crippen LogP contribution in [-0.2, 0) is 11.2 Å². The van der Waals surface area contributed by atoms with Crippen molar-refractivity contribution >= 4 is 5.91 Å². The highest BCUT2D eigenvalue weighted by Crippen LogP contribution is 2.29. The van der Waals surface area contributed by atoms with Crippen LogP contribution in [0.2, 0.25) is 0 Å². The maximum absolute atomic E-state index is 12.5. The molecule has 0 aromatic heterocycles. The van der Waals surface area contributed by atoms with Gasteiger partial charge in [-0.15, -0.1) is 0 Å². The van der Waals surface area contributed by atoms with Gasteiger partial charge >= 0.3 is 0 Å². The summed E-state index contributed by atoms with van der Waals surface area (Å²) in [5, 5.41) is 0. The van der Waals surface area contributed by atoms with E-state index in [1.807, 2.05) is 18.2 Å². The van der Waals surface area contributed by atoms with Crippen LogP contribution in [0.5, 0.6) is 11.5 Å². The Kier molecular flexibility index (Phi) is 5.69. The molecule has 1 saturated heterocycles. The molecule has 0 N–H and O–H groups in total. The van der Waals surface area contributed by atoms with Crippen LogP contribution in [0.25, 0.3) is 0 Å². The van der Waals surface area contributed by atoms with E-state index in [4.69, 9.17) is 9.47 Å². The van der Waals surface area contributed by atoms with Gasteiger partial charge in [-0.05, 0) is 42.9 Å². The maximum Gasteiger partial charge on any atom is 0.223 e. The maximum atomic E-state index is 12.5. The Morgan fingerprint density at radius 2 is 2.00 bits per heavy atom. The lowest BCUT2D eigenvalue weighted by Gasteiger charge is -2.27. The minimum Gasteiger partial charge on any atom is -0.493 e. The lowest BCUT2D eigenvalue weighted by atomic mass is 10.0. The molecule has 4 heteroatoms. The zero-order chi connectivity index (χ0) is 16.1. The smallest absolute Gasteiger partial charge is 0.223 e. The molecule has 0 radical (unpaired) electrons. The Bertz CT molecular complexity index is 513. The van der Waals surface area contributed by atoms with Crippen LogP contribution in [0.3, 0.4) is 0 Å². The minimum absolute atomic E-state index is 0.269. The Hall–Kier alpha value is -1.71. The highest BCUT2D eigenvalue weighted by molar-refractivity contribution is 5.77. The SMILES string of the molecule is COc1ccc(CCC(=O)N2CCCC2C(C)C)cc1OC. The molecule has 1 aromatic carbocycles. The number of likely N-dealkylation sites (tertiary alicyclic amines) is 1. The van der Waals surface area contributed by atoms with Crippen LogP contribution < -0.4 is 9.47 Å². The van der Waals surface area contributed by atoms with Gasteiger partial charge in [0.25, 0.3) is 0 Å². The molecule has 1 amide bonds. The Labute approximate surface area is 133 Å². The van der Waals surface area contributed by atoms with Crippen molar-refractivity contribution in [3.63, 3.8) is 0 Å². The monoisotopic (exact) mass is 305 g/mol. The van der Waals surface area contributed by atoms with E-state index in [2.05, 4.69) is 18.7 Å². The number of hydrogen-bond donors (Lipinski definition) is 0. The number of carbonyl (C=O) groups excluding carboxylic acids is 1. The second kappa shape index (κ2) is 7.52. The van der Waals surface area contributed by atoms with Gasteiger partial charge in [-0.2, -0.15) is 0 Å². The van der Waals surface area contributed by atoms with E-state index in [0.717, 1.165) is 37.1 Å². The molecule has 1 atom stereocenters. The molecule has 1 heterocycles. The third-order valence-corrected chi connectivity index (χ3v) is 4.46. The number of carbonyl (C=O) groups is 1. The quantitative estimate of drug-likeness (QED) is 0.809. The zero-order valence-corrected chi connectivity index (χ0v) is 14.1. The number of methoxy groups -OCH3 is 2. The first-order valence-electron chi connectivity index (χ1n) is 8.07. The average molecular weight is 305 g/mol. The second-order valence-electron chi connectivity index (χ2n) is 6.23. The number of ether oxygens (including phenoxy) is 2. The summed E-state index contributed by atoms with van der Waals surface area (Å²) >= 11 is 0. The van der Waals surface area contributed by atoms with Crippen molar-refractivity contribution < 1.29 is 14.3 Å². The topological polar surface area (TPSA) is 38.8 Å². The number of amides is 1. The van der Waals surface area contributed by atoms with E-state index in [9.17, 15) is 4.79 Å². The number of nitrogens with zero attached hydrogens (tertiary/aromatic N) is 1. The predicted octanol–water partition coefficient (Wildman–Crippen LogP) is 3.28. The molecule has 1 aliphatic rings. The van der Waals surface area contributed by atoms with E-state index < -0.39 is 0 Å². The molecule has 22 heavy (non-hydrogen) atoms. The van der Waals surface area contributed by atoms with E-state index in [0.29, 0.717) is 24.1 Å². The molecule has 0 spiro atoms. The predicted molar refractivity (Wildman–Crippen MR) is 87.4 cm³/mol. The van der Waals surface area contributed by atoms with E-state index >= 15 is 0 Å². The van der Waals surface area contributed by atoms with Crippen molar-refractivity contribution in [1.29, 1.82) is 0 Å². The molecule has 0 bridgehead atoms. The summed E-state index contributed by atoms with van der Waals surface area (Å²) in [6, 6.07) is 6.26. The Morgan fingerprint density at radius 1 is 1.27 bits per heavy atom. The molecule has 2 rings (SSSR count). The van der Waals surface area contributed by atoms with Crippen LogP contribution in [0, 0.1) is 5.92 Å². The highest BCUT2D eigenvalue weighted by atomic mass is 16.5. The van der Waals surface area contributed by atoms with Crippen molar-refractivity contribution in [2.24, 2.45) is 5.92 Å². The summed E-state index contributed by atoms with van der Waals surface area (Å²) in [5.74, 6) is 2.24. The van der Waals surface area contributed by atoms with Gasteiger partial charge in [0.05, 0.1) is 14.2 Å². The van der Waals surface area contributed by atoms with Gasteiger partial charge < -0.3 is 14.4 Å². The summed E-state index contributed by atoms with van der Waals surface area (Å²) in [4.78, 5) is 14.6. The van der Waals surface area contributed by atoms with Crippen LogP contribution in [0.1, 0.15) is 38.7 Å². The molecular weight excluding hydrogens is 278 g/mol. The normalized spacial score (nSPS) is 17.9. The van der Waals surface area contributed by atoms with Crippen molar-refractivity contribution in [2.75, 3.05) is 20.8 Å². The molecule has 0 aliphatic carbocycles. The van der Waals surface area contributed by atoms with E-state index in [1.165, 1.54) is 0 Å². The van der Waals surface area contributed by atoms with Crippen molar-refractivity contribution in [3.8, 4) is 11.5 Å². The highest BCUT2D eigenvalue weighted by Gasteiger charge is 2.30. The van der Waals surface area contributed by atoms with E-state index in [-0.39, 0.29) is 5.91 Å². The summed E-state index contributed by atoms with van der Waals surface area (Å²) in [5.41, 5.74) is 1.10. The number of aryl methyl sites for hydroxylation is 1. The average Bonchev–Trinajstić information content (AvgIpc) is 3.02. The second-order valence-corrected chi connectivity index (χ2v) is 6.23. The van der Waals surface area contributed by atoms with Crippen LogP contribution in [-0.4, -0.2) is 37.6 Å². The van der Waals surface area contributed by atoms with Gasteiger partial charge in [-0.25, -0.2) is 0 Å². The standard InChI is InChI=1S/C18H27NO3/c1-13(2)15-6-5-11-19(15)18(20)10-8-14-7-9-16(21-3)17(12-14)22-4/h7,9,12-13,15H,5-6,8,10-11H2,1-4H3. The third kappa shape index (κ3) is 3.73. The Balaban J connectivity index is 1.96. The number of rotatable bonds is 6. The van der Waals surface area contributed by atoms with Crippen molar-refractivity contribution in [3.05, 3.63) is 23.8 Å². The molecule has 0 saturated carbocycles. The summed E-state index contributed by atoms with van der Waals surface area (Å²) in [6.07, 6.45) is 3.56. The molecule has 4 nitrogen and oxygen atoms in total. The van der Waals surface area contributed by atoms with Gasteiger partial charge in [0.2, 0.25) is 5.91 Å². The van der Waals surface area contributed by atoms with E-state index in [1.54, 1.807) is 14.2 Å². The molecule has 1 fully saturated rings. The van der Waals surface area contributed by atoms with Crippen LogP contribution >= 0.6 is 0 Å². The fourth-order valence-electron chi connectivity index (χ4n) is 3.23. The van der Waals surface area contributed by atoms with Gasteiger partial charge in [0.15, 0.2) is 11.5 Å². The number of benzene rings is 1. The molecule has 1 unspecified atom stereocenters. The largest absolute Gasteiger partial charge is 0.493 e. The summed E-state index contributed by atoms with van der Waals surface area (Å²) in [7, 11) is 3.25. The van der Waals surface area contributed by atoms with Gasteiger partial charge in [0, 0.05) is 19.0 Å². The van der Waals surface area contributed by atoms with Crippen LogP contribution in [0.4, 0.5) is 0 Å². The fourth-order valence-corrected chi connectivity index (χ4v) is 3.23. The first-order chi connectivity index (χ1) is 10.6. The molecule has 122 valence electrons. The summed E-state index contributed by atoms with van der Waals surface area (Å²) < 4.78 is 10.5. The first kappa shape index (κ1) is 16.7. The van der Waals surface area contributed by atoms with Crippen molar-refractivity contribution in [2.45, 2.75) is 45.6 Å². The van der Waals surface area contributed by atoms with Gasteiger partial charge in [-0.1, -0.05) is 19.9 Å². The molecule has 1 aliphatic heterocycles. The summed E-state index contributed by atoms with van der Waals surface area (Å²) in [6.45, 7) is 5.31. The number of hydrogen-bond acceptors (Lipinski definition) is 3. The van der Waals surface area contributed by atoms with Gasteiger partial charge in [-0.3, -0.25) is 4.79 Å². The van der Waals surface area contributed by atoms with Crippen molar-refractivity contribution in [1.82, 2.24) is 4.90 Å². The first-order valence-corrected chi connectivity index (χ1v) is 8.07.